The number of carbonyl (C=O) groups is 2. The van der Waals surface area contributed by atoms with Gasteiger partial charge in [0.2, 0.25) is 5.91 Å². The molecule has 0 bridgehead atoms. The number of hydrogen-bond acceptors (Lipinski definition) is 4. The highest BCUT2D eigenvalue weighted by molar-refractivity contribution is 6.30. The molecule has 1 N–H and O–H groups in total. The topological polar surface area (TPSA) is 75.4 Å². The zero-order valence-corrected chi connectivity index (χ0v) is 16.1. The first kappa shape index (κ1) is 19.6. The van der Waals surface area contributed by atoms with Crippen molar-refractivity contribution in [3.05, 3.63) is 77.3 Å². The van der Waals surface area contributed by atoms with E-state index < -0.39 is 0 Å². The predicted molar refractivity (Wildman–Crippen MR) is 107 cm³/mol. The van der Waals surface area contributed by atoms with E-state index in [9.17, 15) is 9.59 Å². The molecular formula is C21H20ClN3O3. The number of furan rings is 1. The van der Waals surface area contributed by atoms with Crippen LogP contribution in [0.15, 0.2) is 65.3 Å². The zero-order chi connectivity index (χ0) is 19.9. The SMILES string of the molecule is CN(Cc1ccc(-c2ccc(Cl)cc2)o1)C(=O)CCNC(=O)c1ccncc1. The summed E-state index contributed by atoms with van der Waals surface area (Å²) in [4.78, 5) is 29.7. The molecule has 2 amide bonds. The van der Waals surface area contributed by atoms with Gasteiger partial charge in [0.1, 0.15) is 11.5 Å². The Kier molecular flexibility index (Phi) is 6.45. The molecule has 7 heteroatoms. The molecule has 0 aliphatic rings. The van der Waals surface area contributed by atoms with E-state index >= 15 is 0 Å². The second-order valence-electron chi connectivity index (χ2n) is 6.26. The van der Waals surface area contributed by atoms with Crippen molar-refractivity contribution in [2.24, 2.45) is 0 Å². The predicted octanol–water partition coefficient (Wildman–Crippen LogP) is 3.77. The van der Waals surface area contributed by atoms with Gasteiger partial charge in [0.15, 0.2) is 0 Å². The van der Waals surface area contributed by atoms with E-state index in [1.54, 1.807) is 48.6 Å². The van der Waals surface area contributed by atoms with Crippen LogP contribution in [0.2, 0.25) is 5.02 Å². The Morgan fingerprint density at radius 2 is 1.79 bits per heavy atom. The summed E-state index contributed by atoms with van der Waals surface area (Å²) < 4.78 is 5.82. The average molecular weight is 398 g/mol. The first-order valence-corrected chi connectivity index (χ1v) is 9.17. The summed E-state index contributed by atoms with van der Waals surface area (Å²) in [6.07, 6.45) is 3.31. The molecule has 3 aromatic rings. The summed E-state index contributed by atoms with van der Waals surface area (Å²) >= 11 is 5.90. The molecular weight excluding hydrogens is 378 g/mol. The number of rotatable bonds is 7. The van der Waals surface area contributed by atoms with Crippen LogP contribution in [0.4, 0.5) is 0 Å². The van der Waals surface area contributed by atoms with Crippen molar-refractivity contribution in [1.82, 2.24) is 15.2 Å². The number of nitrogens with one attached hydrogen (secondary N) is 1. The molecule has 0 unspecified atom stereocenters. The van der Waals surface area contributed by atoms with Crippen LogP contribution in [-0.2, 0) is 11.3 Å². The lowest BCUT2D eigenvalue weighted by Gasteiger charge is -2.16. The molecule has 3 rings (SSSR count). The lowest BCUT2D eigenvalue weighted by atomic mass is 10.2. The highest BCUT2D eigenvalue weighted by atomic mass is 35.5. The van der Waals surface area contributed by atoms with Crippen LogP contribution in [0, 0.1) is 0 Å². The van der Waals surface area contributed by atoms with Gasteiger partial charge in [0.25, 0.3) is 5.91 Å². The van der Waals surface area contributed by atoms with Gasteiger partial charge in [-0.3, -0.25) is 14.6 Å². The van der Waals surface area contributed by atoms with Crippen molar-refractivity contribution in [1.29, 1.82) is 0 Å². The Morgan fingerprint density at radius 3 is 2.50 bits per heavy atom. The van der Waals surface area contributed by atoms with E-state index in [2.05, 4.69) is 10.3 Å². The number of aromatic nitrogens is 1. The zero-order valence-electron chi connectivity index (χ0n) is 15.4. The van der Waals surface area contributed by atoms with Crippen molar-refractivity contribution < 1.29 is 14.0 Å². The molecule has 0 spiro atoms. The van der Waals surface area contributed by atoms with Crippen LogP contribution < -0.4 is 5.32 Å². The minimum absolute atomic E-state index is 0.0838. The fourth-order valence-electron chi connectivity index (χ4n) is 2.63. The first-order chi connectivity index (χ1) is 13.5. The third-order valence-corrected chi connectivity index (χ3v) is 4.43. The van der Waals surface area contributed by atoms with E-state index in [-0.39, 0.29) is 24.8 Å². The number of nitrogens with zero attached hydrogens (tertiary/aromatic N) is 2. The van der Waals surface area contributed by atoms with Crippen molar-refractivity contribution in [2.75, 3.05) is 13.6 Å². The maximum Gasteiger partial charge on any atom is 0.251 e. The standard InChI is InChI=1S/C21H20ClN3O3/c1-25(20(26)10-13-24-21(27)16-8-11-23-12-9-16)14-18-6-7-19(28-18)15-2-4-17(22)5-3-15/h2-9,11-12H,10,13-14H2,1H3,(H,24,27). The highest BCUT2D eigenvalue weighted by Gasteiger charge is 2.13. The second kappa shape index (κ2) is 9.19. The summed E-state index contributed by atoms with van der Waals surface area (Å²) in [5, 5.41) is 3.39. The molecule has 2 aromatic heterocycles. The van der Waals surface area contributed by atoms with Gasteiger partial charge in [-0.2, -0.15) is 0 Å². The molecule has 0 radical (unpaired) electrons. The molecule has 0 aliphatic carbocycles. The van der Waals surface area contributed by atoms with E-state index in [4.69, 9.17) is 16.0 Å². The smallest absolute Gasteiger partial charge is 0.251 e. The van der Waals surface area contributed by atoms with Gasteiger partial charge < -0.3 is 14.6 Å². The van der Waals surface area contributed by atoms with Crippen LogP contribution in [0.5, 0.6) is 0 Å². The quantitative estimate of drug-likeness (QED) is 0.658. The third-order valence-electron chi connectivity index (χ3n) is 4.18. The monoisotopic (exact) mass is 397 g/mol. The van der Waals surface area contributed by atoms with Crippen molar-refractivity contribution in [2.45, 2.75) is 13.0 Å². The average Bonchev–Trinajstić information content (AvgIpc) is 3.17. The van der Waals surface area contributed by atoms with Crippen LogP contribution >= 0.6 is 11.6 Å². The van der Waals surface area contributed by atoms with Gasteiger partial charge in [-0.25, -0.2) is 0 Å². The van der Waals surface area contributed by atoms with E-state index in [1.165, 1.54) is 0 Å². The Labute approximate surface area is 168 Å². The minimum Gasteiger partial charge on any atom is -0.459 e. The molecule has 0 aliphatic heterocycles. The molecule has 0 atom stereocenters. The summed E-state index contributed by atoms with van der Waals surface area (Å²) in [7, 11) is 1.71. The van der Waals surface area contributed by atoms with E-state index in [0.717, 1.165) is 11.3 Å². The molecule has 28 heavy (non-hydrogen) atoms. The Balaban J connectivity index is 1.48. The first-order valence-electron chi connectivity index (χ1n) is 8.80. The van der Waals surface area contributed by atoms with Crippen molar-refractivity contribution in [3.63, 3.8) is 0 Å². The van der Waals surface area contributed by atoms with Gasteiger partial charge in [-0.1, -0.05) is 11.6 Å². The molecule has 144 valence electrons. The number of amides is 2. The molecule has 0 saturated heterocycles. The largest absolute Gasteiger partial charge is 0.459 e. The fourth-order valence-corrected chi connectivity index (χ4v) is 2.76. The van der Waals surface area contributed by atoms with Gasteiger partial charge in [0, 0.05) is 48.6 Å². The maximum atomic E-state index is 12.3. The summed E-state index contributed by atoms with van der Waals surface area (Å²) in [5.74, 6) is 1.09. The van der Waals surface area contributed by atoms with Gasteiger partial charge in [0.05, 0.1) is 6.54 Å². The number of carbonyl (C=O) groups excluding carboxylic acids is 2. The Hall–Kier alpha value is -3.12. The van der Waals surface area contributed by atoms with Gasteiger partial charge in [-0.05, 0) is 48.5 Å². The number of pyridine rings is 1. The molecule has 1 aromatic carbocycles. The lowest BCUT2D eigenvalue weighted by Crippen LogP contribution is -2.31. The second-order valence-corrected chi connectivity index (χ2v) is 6.70. The minimum atomic E-state index is -0.225. The van der Waals surface area contributed by atoms with Crippen LogP contribution in [0.25, 0.3) is 11.3 Å². The maximum absolute atomic E-state index is 12.3. The highest BCUT2D eigenvalue weighted by Crippen LogP contribution is 2.24. The summed E-state index contributed by atoms with van der Waals surface area (Å²) in [6.45, 7) is 0.614. The van der Waals surface area contributed by atoms with Crippen LogP contribution in [0.1, 0.15) is 22.5 Å². The summed E-state index contributed by atoms with van der Waals surface area (Å²) in [6, 6.07) is 14.3. The number of hydrogen-bond donors (Lipinski definition) is 1. The van der Waals surface area contributed by atoms with Crippen molar-refractivity contribution in [3.8, 4) is 11.3 Å². The molecule has 0 fully saturated rings. The molecule has 2 heterocycles. The van der Waals surface area contributed by atoms with E-state index in [1.807, 2.05) is 24.3 Å². The Morgan fingerprint density at radius 1 is 1.07 bits per heavy atom. The van der Waals surface area contributed by atoms with Gasteiger partial charge >= 0.3 is 0 Å². The third kappa shape index (κ3) is 5.20. The fraction of sp³-hybridized carbons (Fsp3) is 0.190. The molecule has 6 nitrogen and oxygen atoms in total. The van der Waals surface area contributed by atoms with Gasteiger partial charge in [-0.15, -0.1) is 0 Å². The number of halogens is 1. The van der Waals surface area contributed by atoms with Crippen LogP contribution in [0.3, 0.4) is 0 Å². The normalized spacial score (nSPS) is 10.5. The lowest BCUT2D eigenvalue weighted by molar-refractivity contribution is -0.130. The van der Waals surface area contributed by atoms with E-state index in [0.29, 0.717) is 22.9 Å². The summed E-state index contributed by atoms with van der Waals surface area (Å²) in [5.41, 5.74) is 1.43. The number of benzene rings is 1. The van der Waals surface area contributed by atoms with Crippen LogP contribution in [-0.4, -0.2) is 35.3 Å². The Bertz CT molecular complexity index is 939. The van der Waals surface area contributed by atoms with Crippen molar-refractivity contribution >= 4 is 23.4 Å². The molecule has 0 saturated carbocycles.